The summed E-state index contributed by atoms with van der Waals surface area (Å²) in [7, 11) is 0. The number of amides is 3. The molecular formula is C14H21N3O2. The van der Waals surface area contributed by atoms with E-state index in [1.807, 2.05) is 24.3 Å². The van der Waals surface area contributed by atoms with Gasteiger partial charge in [0, 0.05) is 5.69 Å². The van der Waals surface area contributed by atoms with Crippen LogP contribution in [-0.4, -0.2) is 18.0 Å². The van der Waals surface area contributed by atoms with Gasteiger partial charge in [-0.3, -0.25) is 4.79 Å². The molecule has 5 nitrogen and oxygen atoms in total. The average Bonchev–Trinajstić information content (AvgIpc) is 2.27. The Hall–Kier alpha value is -2.04. The third-order valence-corrected chi connectivity index (χ3v) is 2.77. The lowest BCUT2D eigenvalue weighted by Crippen LogP contribution is -2.44. The zero-order valence-corrected chi connectivity index (χ0v) is 11.8. The van der Waals surface area contributed by atoms with E-state index in [-0.39, 0.29) is 11.3 Å². The van der Waals surface area contributed by atoms with E-state index in [4.69, 9.17) is 5.73 Å². The maximum Gasteiger partial charge on any atom is 0.312 e. The summed E-state index contributed by atoms with van der Waals surface area (Å²) in [5, 5.41) is 5.04. The minimum Gasteiger partial charge on any atom is -0.352 e. The first-order valence-electron chi connectivity index (χ1n) is 6.17. The quantitative estimate of drug-likeness (QED) is 0.779. The van der Waals surface area contributed by atoms with Gasteiger partial charge in [0.05, 0.1) is 0 Å². The fourth-order valence-electron chi connectivity index (χ4n) is 1.58. The lowest BCUT2D eigenvalue weighted by Gasteiger charge is -2.19. The molecule has 1 aromatic rings. The highest BCUT2D eigenvalue weighted by molar-refractivity contribution is 5.96. The van der Waals surface area contributed by atoms with Crippen LogP contribution in [0.15, 0.2) is 24.3 Å². The Kier molecular flexibility index (Phi) is 4.53. The average molecular weight is 263 g/mol. The Morgan fingerprint density at radius 1 is 1.16 bits per heavy atom. The van der Waals surface area contributed by atoms with Crippen LogP contribution >= 0.6 is 0 Å². The van der Waals surface area contributed by atoms with E-state index in [0.717, 1.165) is 0 Å². The number of hydrogen-bond acceptors (Lipinski definition) is 2. The van der Waals surface area contributed by atoms with Crippen molar-refractivity contribution in [1.82, 2.24) is 5.32 Å². The molecule has 0 saturated heterocycles. The van der Waals surface area contributed by atoms with Gasteiger partial charge in [0.2, 0.25) is 5.91 Å². The van der Waals surface area contributed by atoms with Gasteiger partial charge in [-0.25, -0.2) is 4.79 Å². The smallest absolute Gasteiger partial charge is 0.312 e. The van der Waals surface area contributed by atoms with Gasteiger partial charge in [0.25, 0.3) is 0 Å². The molecule has 4 N–H and O–H groups in total. The third-order valence-electron chi connectivity index (χ3n) is 2.77. The SMILES string of the molecule is C[C@@H](NC(N)=O)C(=O)Nc1ccc(C(C)(C)C)cc1. The van der Waals surface area contributed by atoms with E-state index >= 15 is 0 Å². The molecule has 1 atom stereocenters. The minimum absolute atomic E-state index is 0.0728. The number of urea groups is 1. The Morgan fingerprint density at radius 2 is 1.68 bits per heavy atom. The molecule has 0 bridgehead atoms. The number of carbonyl (C=O) groups is 2. The van der Waals surface area contributed by atoms with Crippen LogP contribution in [0.2, 0.25) is 0 Å². The molecule has 1 rings (SSSR count). The van der Waals surface area contributed by atoms with Crippen LogP contribution in [0.3, 0.4) is 0 Å². The first kappa shape index (κ1) is 15.0. The monoisotopic (exact) mass is 263 g/mol. The number of nitrogens with two attached hydrogens (primary N) is 1. The van der Waals surface area contributed by atoms with Crippen molar-refractivity contribution < 1.29 is 9.59 Å². The summed E-state index contributed by atoms with van der Waals surface area (Å²) >= 11 is 0. The van der Waals surface area contributed by atoms with Gasteiger partial charge in [-0.05, 0) is 30.0 Å². The van der Waals surface area contributed by atoms with Crippen LogP contribution in [0.25, 0.3) is 0 Å². The molecule has 3 amide bonds. The van der Waals surface area contributed by atoms with Gasteiger partial charge >= 0.3 is 6.03 Å². The first-order valence-corrected chi connectivity index (χ1v) is 6.17. The minimum atomic E-state index is -0.717. The normalized spacial score (nSPS) is 12.6. The van der Waals surface area contributed by atoms with Crippen molar-refractivity contribution in [2.75, 3.05) is 5.32 Å². The van der Waals surface area contributed by atoms with E-state index in [1.165, 1.54) is 5.56 Å². The molecule has 5 heteroatoms. The second-order valence-corrected chi connectivity index (χ2v) is 5.55. The molecule has 0 radical (unpaired) electrons. The molecule has 0 unspecified atom stereocenters. The Morgan fingerprint density at radius 3 is 2.11 bits per heavy atom. The zero-order chi connectivity index (χ0) is 14.6. The molecule has 0 aliphatic rings. The lowest BCUT2D eigenvalue weighted by molar-refractivity contribution is -0.117. The lowest BCUT2D eigenvalue weighted by atomic mass is 9.87. The van der Waals surface area contributed by atoms with Crippen LogP contribution in [0.5, 0.6) is 0 Å². The Bertz CT molecular complexity index is 461. The summed E-state index contributed by atoms with van der Waals surface area (Å²) in [6.07, 6.45) is 0. The molecule has 0 fully saturated rings. The van der Waals surface area contributed by atoms with Crippen molar-refractivity contribution in [3.05, 3.63) is 29.8 Å². The van der Waals surface area contributed by atoms with Crippen LogP contribution in [-0.2, 0) is 10.2 Å². The molecule has 0 aliphatic carbocycles. The molecule has 104 valence electrons. The number of benzene rings is 1. The van der Waals surface area contributed by atoms with Crippen LogP contribution < -0.4 is 16.4 Å². The Labute approximate surface area is 113 Å². The maximum absolute atomic E-state index is 11.7. The predicted molar refractivity (Wildman–Crippen MR) is 76.0 cm³/mol. The van der Waals surface area contributed by atoms with Crippen molar-refractivity contribution >= 4 is 17.6 Å². The molecule has 19 heavy (non-hydrogen) atoms. The first-order chi connectivity index (χ1) is 8.70. The highest BCUT2D eigenvalue weighted by atomic mass is 16.2. The molecule has 0 saturated carbocycles. The number of primary amides is 1. The summed E-state index contributed by atoms with van der Waals surface area (Å²) in [6, 6.07) is 6.25. The van der Waals surface area contributed by atoms with E-state index in [1.54, 1.807) is 6.92 Å². The van der Waals surface area contributed by atoms with Gasteiger partial charge in [0.1, 0.15) is 6.04 Å². The maximum atomic E-state index is 11.7. The van der Waals surface area contributed by atoms with Gasteiger partial charge < -0.3 is 16.4 Å². The molecular weight excluding hydrogens is 242 g/mol. The predicted octanol–water partition coefficient (Wildman–Crippen LogP) is 1.98. The number of rotatable bonds is 3. The van der Waals surface area contributed by atoms with E-state index in [9.17, 15) is 9.59 Å². The summed E-state index contributed by atoms with van der Waals surface area (Å²) in [5.41, 5.74) is 6.91. The van der Waals surface area contributed by atoms with Gasteiger partial charge in [-0.15, -0.1) is 0 Å². The largest absolute Gasteiger partial charge is 0.352 e. The standard InChI is InChI=1S/C14H21N3O2/c1-9(16-13(15)19)12(18)17-11-7-5-10(6-8-11)14(2,3)4/h5-9H,1-4H3,(H,17,18)(H3,15,16,19)/t9-/m1/s1. The van der Waals surface area contributed by atoms with Crippen molar-refractivity contribution in [2.45, 2.75) is 39.2 Å². The second-order valence-electron chi connectivity index (χ2n) is 5.55. The zero-order valence-electron chi connectivity index (χ0n) is 11.8. The summed E-state index contributed by atoms with van der Waals surface area (Å²) in [6.45, 7) is 7.95. The fraction of sp³-hybridized carbons (Fsp3) is 0.429. The molecule has 0 aliphatic heterocycles. The van der Waals surface area contributed by atoms with Gasteiger partial charge in [0.15, 0.2) is 0 Å². The van der Waals surface area contributed by atoms with E-state index in [0.29, 0.717) is 5.69 Å². The van der Waals surface area contributed by atoms with E-state index < -0.39 is 12.1 Å². The third kappa shape index (κ3) is 4.62. The molecule has 1 aromatic carbocycles. The molecule has 0 spiro atoms. The molecule has 0 heterocycles. The second kappa shape index (κ2) is 5.73. The number of anilines is 1. The van der Waals surface area contributed by atoms with Crippen molar-refractivity contribution in [3.8, 4) is 0 Å². The Balaban J connectivity index is 2.68. The van der Waals surface area contributed by atoms with Crippen molar-refractivity contribution in [2.24, 2.45) is 5.73 Å². The summed E-state index contributed by atoms with van der Waals surface area (Å²) in [5.74, 6) is -0.303. The van der Waals surface area contributed by atoms with Crippen LogP contribution in [0.1, 0.15) is 33.3 Å². The van der Waals surface area contributed by atoms with Crippen LogP contribution in [0, 0.1) is 0 Å². The van der Waals surface area contributed by atoms with Crippen molar-refractivity contribution in [1.29, 1.82) is 0 Å². The topological polar surface area (TPSA) is 84.2 Å². The highest BCUT2D eigenvalue weighted by Gasteiger charge is 2.15. The van der Waals surface area contributed by atoms with Crippen molar-refractivity contribution in [3.63, 3.8) is 0 Å². The highest BCUT2D eigenvalue weighted by Crippen LogP contribution is 2.23. The van der Waals surface area contributed by atoms with Crippen LogP contribution in [0.4, 0.5) is 10.5 Å². The number of carbonyl (C=O) groups excluding carboxylic acids is 2. The summed E-state index contributed by atoms with van der Waals surface area (Å²) in [4.78, 5) is 22.4. The van der Waals surface area contributed by atoms with Gasteiger partial charge in [-0.2, -0.15) is 0 Å². The summed E-state index contributed by atoms with van der Waals surface area (Å²) < 4.78 is 0. The van der Waals surface area contributed by atoms with Gasteiger partial charge in [-0.1, -0.05) is 32.9 Å². The molecule has 0 aromatic heterocycles. The fourth-order valence-corrected chi connectivity index (χ4v) is 1.58. The number of nitrogens with one attached hydrogen (secondary N) is 2. The number of hydrogen-bond donors (Lipinski definition) is 3. The van der Waals surface area contributed by atoms with E-state index in [2.05, 4.69) is 31.4 Å².